The van der Waals surface area contributed by atoms with E-state index in [1.807, 2.05) is 0 Å². The first-order valence-electron chi connectivity index (χ1n) is 12.7. The SMILES string of the molecule is COc1cccc(OC)c1C(=O)C(=O)N[C@H]1CN(C(=O)CO)c2ccccc2N(CC(=O)N[C@H](C=O)CC(C)=O)C1=O. The summed E-state index contributed by atoms with van der Waals surface area (Å²) >= 11 is 0. The Kier molecular flexibility index (Phi) is 10.5. The van der Waals surface area contributed by atoms with Gasteiger partial charge in [0.2, 0.25) is 5.91 Å². The number of fused-ring (bicyclic) bond motifs is 1. The molecule has 0 saturated heterocycles. The van der Waals surface area contributed by atoms with Gasteiger partial charge in [-0.2, -0.15) is 0 Å². The highest BCUT2D eigenvalue weighted by molar-refractivity contribution is 6.44. The molecule has 42 heavy (non-hydrogen) atoms. The zero-order chi connectivity index (χ0) is 31.0. The maximum Gasteiger partial charge on any atom is 0.293 e. The molecule has 2 aromatic rings. The molecule has 1 heterocycles. The minimum absolute atomic E-state index is 0.0415. The number of aldehydes is 1. The minimum Gasteiger partial charge on any atom is -0.496 e. The maximum atomic E-state index is 13.8. The van der Waals surface area contributed by atoms with E-state index >= 15 is 0 Å². The third kappa shape index (κ3) is 6.96. The lowest BCUT2D eigenvalue weighted by Crippen LogP contribution is -2.56. The van der Waals surface area contributed by atoms with Crippen LogP contribution in [-0.4, -0.2) is 92.6 Å². The first kappa shape index (κ1) is 31.4. The largest absolute Gasteiger partial charge is 0.496 e. The molecule has 1 aliphatic rings. The summed E-state index contributed by atoms with van der Waals surface area (Å²) in [5.74, 6) is -5.08. The zero-order valence-electron chi connectivity index (χ0n) is 23.1. The highest BCUT2D eigenvalue weighted by atomic mass is 16.5. The molecule has 3 rings (SSSR count). The number of ketones is 2. The van der Waals surface area contributed by atoms with Crippen molar-refractivity contribution in [3.05, 3.63) is 48.0 Å². The van der Waals surface area contributed by atoms with E-state index in [0.29, 0.717) is 6.29 Å². The van der Waals surface area contributed by atoms with E-state index in [1.165, 1.54) is 45.4 Å². The van der Waals surface area contributed by atoms with Crippen LogP contribution in [0.15, 0.2) is 42.5 Å². The Labute approximate surface area is 240 Å². The molecule has 14 heteroatoms. The quantitative estimate of drug-likeness (QED) is 0.166. The van der Waals surface area contributed by atoms with Crippen molar-refractivity contribution in [3.8, 4) is 11.5 Å². The van der Waals surface area contributed by atoms with Crippen molar-refractivity contribution in [1.82, 2.24) is 10.6 Å². The number of ether oxygens (including phenoxy) is 2. The summed E-state index contributed by atoms with van der Waals surface area (Å²) in [5, 5.41) is 14.3. The van der Waals surface area contributed by atoms with Gasteiger partial charge in [0.25, 0.3) is 23.5 Å². The standard InChI is InChI=1S/C28H30N4O10/c1-16(35)11-17(14-33)29-23(36)13-32-20-8-5-4-7-19(20)31(24(37)15-34)12-18(28(32)40)30-27(39)26(38)25-21(41-2)9-6-10-22(25)42-3/h4-10,14,17-18,34H,11-13,15H2,1-3H3,(H,29,36)(H,30,39)/t17-,18-/m0/s1. The fraction of sp³-hybridized carbons (Fsp3) is 0.321. The Balaban J connectivity index is 1.99. The van der Waals surface area contributed by atoms with Gasteiger partial charge >= 0.3 is 0 Å². The molecule has 0 aromatic heterocycles. The van der Waals surface area contributed by atoms with Crippen molar-refractivity contribution in [1.29, 1.82) is 0 Å². The van der Waals surface area contributed by atoms with Gasteiger partial charge < -0.3 is 34.9 Å². The van der Waals surface area contributed by atoms with E-state index in [2.05, 4.69) is 10.6 Å². The number of aliphatic hydroxyl groups is 1. The van der Waals surface area contributed by atoms with Crippen LogP contribution in [-0.2, 0) is 28.8 Å². The summed E-state index contributed by atoms with van der Waals surface area (Å²) in [6.45, 7) is -0.844. The molecule has 1 aliphatic heterocycles. The zero-order valence-corrected chi connectivity index (χ0v) is 23.1. The summed E-state index contributed by atoms with van der Waals surface area (Å²) in [4.78, 5) is 90.7. The topological polar surface area (TPSA) is 189 Å². The number of aliphatic hydroxyl groups excluding tert-OH is 1. The molecular weight excluding hydrogens is 552 g/mol. The number of anilines is 2. The normalized spacial score (nSPS) is 15.0. The van der Waals surface area contributed by atoms with Crippen molar-refractivity contribution in [2.45, 2.75) is 25.4 Å². The lowest BCUT2D eigenvalue weighted by Gasteiger charge is -2.25. The molecule has 2 atom stereocenters. The number of hydrogen-bond donors (Lipinski definition) is 3. The van der Waals surface area contributed by atoms with Crippen LogP contribution < -0.4 is 29.9 Å². The summed E-state index contributed by atoms with van der Waals surface area (Å²) < 4.78 is 10.4. The summed E-state index contributed by atoms with van der Waals surface area (Å²) in [7, 11) is 2.59. The molecule has 14 nitrogen and oxygen atoms in total. The molecule has 4 amide bonds. The van der Waals surface area contributed by atoms with Crippen LogP contribution in [0.5, 0.6) is 11.5 Å². The summed E-state index contributed by atoms with van der Waals surface area (Å²) in [6.07, 6.45) is 0.131. The maximum absolute atomic E-state index is 13.8. The Morgan fingerprint density at radius 3 is 2.19 bits per heavy atom. The number of carbonyl (C=O) groups excluding carboxylic acids is 7. The van der Waals surface area contributed by atoms with Crippen molar-refractivity contribution in [2.75, 3.05) is 43.7 Å². The molecule has 0 fully saturated rings. The number of para-hydroxylation sites is 2. The van der Waals surface area contributed by atoms with Crippen LogP contribution in [0.1, 0.15) is 23.7 Å². The van der Waals surface area contributed by atoms with E-state index in [0.717, 1.165) is 9.80 Å². The second kappa shape index (κ2) is 14.0. The van der Waals surface area contributed by atoms with E-state index < -0.39 is 61.2 Å². The highest BCUT2D eigenvalue weighted by Crippen LogP contribution is 2.33. The number of nitrogens with one attached hydrogen (secondary N) is 2. The average molecular weight is 583 g/mol. The first-order valence-corrected chi connectivity index (χ1v) is 12.7. The number of rotatable bonds is 12. The monoisotopic (exact) mass is 582 g/mol. The molecular formula is C28H30N4O10. The van der Waals surface area contributed by atoms with Gasteiger partial charge in [0.1, 0.15) is 48.3 Å². The van der Waals surface area contributed by atoms with Crippen LogP contribution in [0.2, 0.25) is 0 Å². The molecule has 0 radical (unpaired) electrons. The van der Waals surface area contributed by atoms with Crippen molar-refractivity contribution in [3.63, 3.8) is 0 Å². The average Bonchev–Trinajstić information content (AvgIpc) is 3.09. The van der Waals surface area contributed by atoms with Gasteiger partial charge in [0.15, 0.2) is 0 Å². The number of benzene rings is 2. The Morgan fingerprint density at radius 2 is 1.64 bits per heavy atom. The number of carbonyl (C=O) groups is 7. The van der Waals surface area contributed by atoms with Crippen LogP contribution in [0, 0.1) is 0 Å². The molecule has 222 valence electrons. The smallest absolute Gasteiger partial charge is 0.293 e. The summed E-state index contributed by atoms with van der Waals surface area (Å²) in [5.41, 5.74) is 0.0280. The summed E-state index contributed by atoms with van der Waals surface area (Å²) in [6, 6.07) is 7.75. The van der Waals surface area contributed by atoms with Crippen LogP contribution in [0.3, 0.4) is 0 Å². The number of methoxy groups -OCH3 is 2. The van der Waals surface area contributed by atoms with E-state index in [4.69, 9.17) is 9.47 Å². The first-order chi connectivity index (χ1) is 20.1. The van der Waals surface area contributed by atoms with Gasteiger partial charge in [-0.05, 0) is 31.2 Å². The van der Waals surface area contributed by atoms with Gasteiger partial charge in [-0.1, -0.05) is 18.2 Å². The predicted octanol–water partition coefficient (Wildman–Crippen LogP) is -0.594. The third-order valence-electron chi connectivity index (χ3n) is 6.32. The molecule has 3 N–H and O–H groups in total. The molecule has 0 aliphatic carbocycles. The van der Waals surface area contributed by atoms with Crippen molar-refractivity contribution < 1.29 is 48.1 Å². The molecule has 0 unspecified atom stereocenters. The Hall–Kier alpha value is -5.11. The van der Waals surface area contributed by atoms with Gasteiger partial charge in [0.05, 0.1) is 38.2 Å². The van der Waals surface area contributed by atoms with Gasteiger partial charge in [-0.25, -0.2) is 0 Å². The molecule has 0 saturated carbocycles. The highest BCUT2D eigenvalue weighted by Gasteiger charge is 2.39. The van der Waals surface area contributed by atoms with Gasteiger partial charge in [-0.3, -0.25) is 33.7 Å². The number of Topliss-reactive ketones (excluding diaryl/α,β-unsaturated/α-hetero) is 2. The second-order valence-electron chi connectivity index (χ2n) is 9.18. The Bertz CT molecular complexity index is 1390. The lowest BCUT2D eigenvalue weighted by atomic mass is 10.1. The van der Waals surface area contributed by atoms with Crippen LogP contribution >= 0.6 is 0 Å². The van der Waals surface area contributed by atoms with Gasteiger partial charge in [0, 0.05) is 6.42 Å². The van der Waals surface area contributed by atoms with E-state index in [1.54, 1.807) is 18.2 Å². The fourth-order valence-corrected chi connectivity index (χ4v) is 4.43. The van der Waals surface area contributed by atoms with Crippen molar-refractivity contribution in [2.24, 2.45) is 0 Å². The fourth-order valence-electron chi connectivity index (χ4n) is 4.43. The van der Waals surface area contributed by atoms with Crippen LogP contribution in [0.4, 0.5) is 11.4 Å². The molecule has 0 bridgehead atoms. The van der Waals surface area contributed by atoms with Crippen LogP contribution in [0.25, 0.3) is 0 Å². The third-order valence-corrected chi connectivity index (χ3v) is 6.32. The molecule has 0 spiro atoms. The Morgan fingerprint density at radius 1 is 1.02 bits per heavy atom. The van der Waals surface area contributed by atoms with E-state index in [-0.39, 0.29) is 40.6 Å². The minimum atomic E-state index is -1.56. The predicted molar refractivity (Wildman–Crippen MR) is 147 cm³/mol. The van der Waals surface area contributed by atoms with Gasteiger partial charge in [-0.15, -0.1) is 0 Å². The second-order valence-corrected chi connectivity index (χ2v) is 9.18. The lowest BCUT2D eigenvalue weighted by molar-refractivity contribution is -0.128. The van der Waals surface area contributed by atoms with E-state index in [9.17, 15) is 38.7 Å². The van der Waals surface area contributed by atoms with Crippen molar-refractivity contribution >= 4 is 52.9 Å². The molecule has 2 aromatic carbocycles. The number of nitrogens with zero attached hydrogens (tertiary/aromatic N) is 2. The number of hydrogen-bond acceptors (Lipinski definition) is 10. The number of amides is 4.